The number of ether oxygens (including phenoxy) is 1. The van der Waals surface area contributed by atoms with Crippen LogP contribution in [0.4, 0.5) is 5.13 Å². The molecule has 9 nitrogen and oxygen atoms in total. The number of thioether (sulfide) groups is 1. The summed E-state index contributed by atoms with van der Waals surface area (Å²) >= 11 is 2.74. The number of fused-ring (bicyclic) bond motifs is 1. The third kappa shape index (κ3) is 5.94. The maximum absolute atomic E-state index is 12.8. The quantitative estimate of drug-likeness (QED) is 0.409. The lowest BCUT2D eigenvalue weighted by molar-refractivity contribution is -0.113. The number of nitrogens with zero attached hydrogens (tertiary/aromatic N) is 5. The summed E-state index contributed by atoms with van der Waals surface area (Å²) in [5, 5.41) is 13.1. The Kier molecular flexibility index (Phi) is 8.28. The lowest BCUT2D eigenvalue weighted by Crippen LogP contribution is -2.37. The number of carbonyl (C=O) groups excluding carboxylic acids is 1. The van der Waals surface area contributed by atoms with Gasteiger partial charge in [-0.2, -0.15) is 4.98 Å². The van der Waals surface area contributed by atoms with Crippen molar-refractivity contribution >= 4 is 34.1 Å². The van der Waals surface area contributed by atoms with Crippen LogP contribution in [0.2, 0.25) is 0 Å². The van der Waals surface area contributed by atoms with E-state index in [1.54, 1.807) is 0 Å². The molecule has 1 fully saturated rings. The van der Waals surface area contributed by atoms with Crippen LogP contribution in [0.1, 0.15) is 42.5 Å². The minimum absolute atomic E-state index is 0.155. The van der Waals surface area contributed by atoms with Gasteiger partial charge in [0.05, 0.1) is 19.0 Å². The molecule has 1 amide bonds. The van der Waals surface area contributed by atoms with Crippen molar-refractivity contribution in [3.63, 3.8) is 0 Å². The molecule has 4 rings (SSSR count). The molecule has 3 heterocycles. The van der Waals surface area contributed by atoms with Crippen LogP contribution in [0.3, 0.4) is 0 Å². The first-order valence-electron chi connectivity index (χ1n) is 11.3. The van der Waals surface area contributed by atoms with Gasteiger partial charge in [-0.25, -0.2) is 4.79 Å². The summed E-state index contributed by atoms with van der Waals surface area (Å²) in [7, 11) is 0. The zero-order valence-electron chi connectivity index (χ0n) is 18.5. The van der Waals surface area contributed by atoms with Crippen molar-refractivity contribution in [2.45, 2.75) is 57.0 Å². The highest BCUT2D eigenvalue weighted by Crippen LogP contribution is 2.29. The third-order valence-corrected chi connectivity index (χ3v) is 7.59. The van der Waals surface area contributed by atoms with Crippen LogP contribution in [0.5, 0.6) is 0 Å². The fourth-order valence-electron chi connectivity index (χ4n) is 4.12. The first-order chi connectivity index (χ1) is 15.6. The predicted molar refractivity (Wildman–Crippen MR) is 126 cm³/mol. The number of hydrogen-bond acceptors (Lipinski definition) is 9. The molecule has 0 atom stereocenters. The molecule has 1 aliphatic carbocycles. The van der Waals surface area contributed by atoms with Gasteiger partial charge in [0.1, 0.15) is 10.0 Å². The molecule has 2 aromatic rings. The summed E-state index contributed by atoms with van der Waals surface area (Å²) < 4.78 is 7.25. The molecule has 1 N–H and O–H groups in total. The highest BCUT2D eigenvalue weighted by atomic mass is 32.2. The van der Waals surface area contributed by atoms with E-state index in [4.69, 9.17) is 4.74 Å². The van der Waals surface area contributed by atoms with Crippen molar-refractivity contribution in [1.82, 2.24) is 24.6 Å². The van der Waals surface area contributed by atoms with Gasteiger partial charge in [-0.05, 0) is 32.1 Å². The molecule has 1 aliphatic heterocycles. The Bertz CT molecular complexity index is 986. The van der Waals surface area contributed by atoms with E-state index in [2.05, 4.69) is 32.3 Å². The van der Waals surface area contributed by atoms with Crippen molar-refractivity contribution in [3.8, 4) is 0 Å². The van der Waals surface area contributed by atoms with Crippen LogP contribution in [0.15, 0.2) is 9.82 Å². The highest BCUT2D eigenvalue weighted by Gasteiger charge is 2.23. The number of rotatable bonds is 10. The number of morpholine rings is 1. The van der Waals surface area contributed by atoms with Crippen molar-refractivity contribution in [3.05, 3.63) is 26.7 Å². The van der Waals surface area contributed by atoms with Gasteiger partial charge in [-0.1, -0.05) is 30.0 Å². The number of aryl methyl sites for hydroxylation is 1. The number of amides is 1. The molecular weight excluding hydrogens is 448 g/mol. The minimum Gasteiger partial charge on any atom is -0.379 e. The molecule has 2 aromatic heterocycles. The van der Waals surface area contributed by atoms with E-state index in [1.165, 1.54) is 23.1 Å². The second-order valence-corrected chi connectivity index (χ2v) is 10.1. The number of aromatic nitrogens is 4. The van der Waals surface area contributed by atoms with Crippen LogP contribution in [0, 0.1) is 0 Å². The number of carbonyl (C=O) groups is 1. The van der Waals surface area contributed by atoms with E-state index >= 15 is 0 Å². The molecule has 0 aromatic carbocycles. The van der Waals surface area contributed by atoms with E-state index < -0.39 is 0 Å². The molecule has 0 radical (unpaired) electrons. The summed E-state index contributed by atoms with van der Waals surface area (Å²) in [4.78, 5) is 31.9. The molecule has 0 saturated carbocycles. The van der Waals surface area contributed by atoms with Gasteiger partial charge in [0, 0.05) is 43.9 Å². The average Bonchev–Trinajstić information content (AvgIpc) is 3.45. The summed E-state index contributed by atoms with van der Waals surface area (Å²) in [6.07, 6.45) is 5.61. The van der Waals surface area contributed by atoms with Gasteiger partial charge < -0.3 is 4.74 Å². The Morgan fingerprint density at radius 1 is 1.22 bits per heavy atom. The van der Waals surface area contributed by atoms with E-state index in [1.807, 2.05) is 4.57 Å². The average molecular weight is 479 g/mol. The fraction of sp³-hybridized carbons (Fsp3) is 0.667. The van der Waals surface area contributed by atoms with E-state index in [0.717, 1.165) is 87.6 Å². The predicted octanol–water partition coefficient (Wildman–Crippen LogP) is 1.99. The Labute approximate surface area is 196 Å². The summed E-state index contributed by atoms with van der Waals surface area (Å²) in [6.45, 7) is 7.23. The summed E-state index contributed by atoms with van der Waals surface area (Å²) in [5.41, 5.74) is 2.03. The summed E-state index contributed by atoms with van der Waals surface area (Å²) in [6, 6.07) is 0. The van der Waals surface area contributed by atoms with Crippen molar-refractivity contribution in [1.29, 1.82) is 0 Å². The Hall–Kier alpha value is -1.82. The van der Waals surface area contributed by atoms with Crippen LogP contribution in [0.25, 0.3) is 0 Å². The molecule has 32 heavy (non-hydrogen) atoms. The molecule has 11 heteroatoms. The zero-order valence-corrected chi connectivity index (χ0v) is 20.1. The maximum atomic E-state index is 12.8. The number of hydrogen-bond donors (Lipinski definition) is 1. The van der Waals surface area contributed by atoms with Gasteiger partial charge in [-0.3, -0.25) is 19.6 Å². The van der Waals surface area contributed by atoms with Gasteiger partial charge in [-0.15, -0.1) is 10.2 Å². The molecule has 1 saturated heterocycles. The topological polar surface area (TPSA) is 102 Å². The van der Waals surface area contributed by atoms with Crippen LogP contribution in [-0.2, 0) is 35.3 Å². The zero-order chi connectivity index (χ0) is 22.3. The lowest BCUT2D eigenvalue weighted by Gasteiger charge is -2.26. The molecule has 2 aliphatic rings. The van der Waals surface area contributed by atoms with Crippen LogP contribution in [-0.4, -0.2) is 69.2 Å². The second kappa shape index (κ2) is 11.4. The second-order valence-electron chi connectivity index (χ2n) is 8.03. The van der Waals surface area contributed by atoms with Crippen LogP contribution < -0.4 is 11.0 Å². The van der Waals surface area contributed by atoms with Gasteiger partial charge >= 0.3 is 5.69 Å². The normalized spacial score (nSPS) is 16.3. The van der Waals surface area contributed by atoms with Crippen molar-refractivity contribution in [2.75, 3.05) is 43.9 Å². The monoisotopic (exact) mass is 478 g/mol. The number of anilines is 1. The van der Waals surface area contributed by atoms with E-state index in [0.29, 0.717) is 16.7 Å². The molecule has 0 unspecified atom stereocenters. The third-order valence-electron chi connectivity index (χ3n) is 5.68. The van der Waals surface area contributed by atoms with Gasteiger partial charge in [0.2, 0.25) is 11.0 Å². The fourth-order valence-corrected chi connectivity index (χ4v) is 5.86. The van der Waals surface area contributed by atoms with Gasteiger partial charge in [0.25, 0.3) is 0 Å². The highest BCUT2D eigenvalue weighted by molar-refractivity contribution is 8.00. The molecular formula is C21H30N6O3S2. The van der Waals surface area contributed by atoms with Crippen molar-refractivity contribution < 1.29 is 9.53 Å². The first-order valence-corrected chi connectivity index (χ1v) is 13.1. The van der Waals surface area contributed by atoms with Crippen LogP contribution >= 0.6 is 23.1 Å². The van der Waals surface area contributed by atoms with E-state index in [-0.39, 0.29) is 17.3 Å². The first kappa shape index (κ1) is 23.3. The lowest BCUT2D eigenvalue weighted by atomic mass is 10.2. The standard InChI is InChI=1S/C21H30N6O3S2/c1-2-5-18-24-25-20(32-18)22-17(28)14-31-19-15-6-3-7-16(15)27(21(29)23-19)9-4-8-26-10-12-30-13-11-26/h2-14H2,1H3,(H,22,25,28). The maximum Gasteiger partial charge on any atom is 0.348 e. The SMILES string of the molecule is CCCc1nnc(NC(=O)CSc2nc(=O)n(CCCN3CCOCC3)c3c2CCC3)s1. The minimum atomic E-state index is -0.205. The number of nitrogens with one attached hydrogen (secondary N) is 1. The largest absolute Gasteiger partial charge is 0.379 e. The smallest absolute Gasteiger partial charge is 0.348 e. The Balaban J connectivity index is 1.34. The van der Waals surface area contributed by atoms with Gasteiger partial charge in [0.15, 0.2) is 0 Å². The summed E-state index contributed by atoms with van der Waals surface area (Å²) in [5.74, 6) is 0.0419. The molecule has 0 bridgehead atoms. The Morgan fingerprint density at radius 2 is 2.06 bits per heavy atom. The molecule has 0 spiro atoms. The van der Waals surface area contributed by atoms with Crippen molar-refractivity contribution in [2.24, 2.45) is 0 Å². The Morgan fingerprint density at radius 3 is 2.88 bits per heavy atom. The molecule has 174 valence electrons. The van der Waals surface area contributed by atoms with E-state index in [9.17, 15) is 9.59 Å².